The van der Waals surface area contributed by atoms with Gasteiger partial charge < -0.3 is 10.1 Å². The third-order valence-electron chi connectivity index (χ3n) is 3.36. The number of fused-ring (bicyclic) bond motifs is 1. The molecule has 0 fully saturated rings. The normalized spacial score (nSPS) is 10.8. The summed E-state index contributed by atoms with van der Waals surface area (Å²) in [7, 11) is 0. The van der Waals surface area contributed by atoms with Gasteiger partial charge in [-0.15, -0.1) is 12.3 Å². The Bertz CT molecular complexity index is 625. The summed E-state index contributed by atoms with van der Waals surface area (Å²) in [6.45, 7) is 6.78. The van der Waals surface area contributed by atoms with Crippen LogP contribution in [-0.4, -0.2) is 13.2 Å². The molecule has 0 atom stereocenters. The van der Waals surface area contributed by atoms with Gasteiger partial charge in [-0.05, 0) is 29.3 Å². The average molecular weight is 281 g/mol. The number of benzene rings is 2. The first-order chi connectivity index (χ1) is 10.2. The van der Waals surface area contributed by atoms with Crippen LogP contribution < -0.4 is 10.1 Å². The van der Waals surface area contributed by atoms with Crippen molar-refractivity contribution in [1.82, 2.24) is 5.32 Å². The number of rotatable bonds is 7. The van der Waals surface area contributed by atoms with Gasteiger partial charge in [0.2, 0.25) is 0 Å². The molecule has 1 N–H and O–H groups in total. The lowest BCUT2D eigenvalue weighted by molar-refractivity contribution is 0.323. The van der Waals surface area contributed by atoms with Crippen LogP contribution >= 0.6 is 0 Å². The average Bonchev–Trinajstić information content (AvgIpc) is 2.48. The topological polar surface area (TPSA) is 21.3 Å². The highest BCUT2D eigenvalue weighted by Crippen LogP contribution is 2.28. The third-order valence-corrected chi connectivity index (χ3v) is 3.36. The smallest absolute Gasteiger partial charge is 0.124 e. The Morgan fingerprint density at radius 2 is 2.00 bits per heavy atom. The van der Waals surface area contributed by atoms with Crippen molar-refractivity contribution in [2.24, 2.45) is 5.92 Å². The molecule has 110 valence electrons. The van der Waals surface area contributed by atoms with E-state index in [4.69, 9.17) is 11.2 Å². The number of ether oxygens (including phenoxy) is 1. The first-order valence-corrected chi connectivity index (χ1v) is 7.50. The zero-order chi connectivity index (χ0) is 15.1. The summed E-state index contributed by atoms with van der Waals surface area (Å²) in [6.07, 6.45) is 5.92. The Balaban J connectivity index is 2.26. The molecule has 2 nitrogen and oxygen atoms in total. The van der Waals surface area contributed by atoms with Crippen LogP contribution in [0.5, 0.6) is 5.75 Å². The summed E-state index contributed by atoms with van der Waals surface area (Å²) in [5.41, 5.74) is 1.21. The van der Waals surface area contributed by atoms with E-state index in [0.29, 0.717) is 18.9 Å². The highest BCUT2D eigenvalue weighted by molar-refractivity contribution is 5.87. The van der Waals surface area contributed by atoms with Gasteiger partial charge in [0, 0.05) is 18.5 Å². The van der Waals surface area contributed by atoms with Gasteiger partial charge in [-0.3, -0.25) is 0 Å². The van der Waals surface area contributed by atoms with E-state index in [1.165, 1.54) is 16.3 Å². The van der Waals surface area contributed by atoms with Crippen molar-refractivity contribution in [1.29, 1.82) is 0 Å². The van der Waals surface area contributed by atoms with E-state index in [-0.39, 0.29) is 0 Å². The maximum atomic E-state index is 5.86. The minimum atomic E-state index is 0.562. The highest BCUT2D eigenvalue weighted by Gasteiger charge is 2.08. The number of hydrogen-bond donors (Lipinski definition) is 1. The Morgan fingerprint density at radius 3 is 2.76 bits per heavy atom. The molecule has 0 radical (unpaired) electrons. The van der Waals surface area contributed by atoms with Gasteiger partial charge in [-0.1, -0.05) is 44.2 Å². The second-order valence-corrected chi connectivity index (χ2v) is 5.59. The predicted molar refractivity (Wildman–Crippen MR) is 89.4 cm³/mol. The maximum absolute atomic E-state index is 5.86. The van der Waals surface area contributed by atoms with Crippen molar-refractivity contribution in [2.45, 2.75) is 26.8 Å². The summed E-state index contributed by atoms with van der Waals surface area (Å²) < 4.78 is 5.86. The van der Waals surface area contributed by atoms with Gasteiger partial charge in [-0.25, -0.2) is 0 Å². The third kappa shape index (κ3) is 4.24. The van der Waals surface area contributed by atoms with Crippen molar-refractivity contribution in [2.75, 3.05) is 13.2 Å². The molecule has 0 saturated heterocycles. The molecule has 2 heteroatoms. The monoisotopic (exact) mass is 281 g/mol. The van der Waals surface area contributed by atoms with Gasteiger partial charge in [0.1, 0.15) is 5.75 Å². The molecule has 2 aromatic rings. The van der Waals surface area contributed by atoms with Crippen LogP contribution in [0.3, 0.4) is 0 Å². The molecular weight excluding hydrogens is 258 g/mol. The zero-order valence-electron chi connectivity index (χ0n) is 12.9. The molecule has 2 aromatic carbocycles. The molecule has 0 unspecified atom stereocenters. The van der Waals surface area contributed by atoms with Crippen molar-refractivity contribution in [3.8, 4) is 18.1 Å². The van der Waals surface area contributed by atoms with Crippen molar-refractivity contribution >= 4 is 10.8 Å². The van der Waals surface area contributed by atoms with E-state index in [1.807, 2.05) is 6.07 Å². The first kappa shape index (κ1) is 15.4. The lowest BCUT2D eigenvalue weighted by Crippen LogP contribution is -2.19. The zero-order valence-corrected chi connectivity index (χ0v) is 12.9. The Labute approximate surface area is 127 Å². The molecule has 21 heavy (non-hydrogen) atoms. The maximum Gasteiger partial charge on any atom is 0.124 e. The molecule has 2 rings (SSSR count). The molecule has 0 heterocycles. The molecule has 0 aromatic heterocycles. The van der Waals surface area contributed by atoms with Gasteiger partial charge >= 0.3 is 0 Å². The molecule has 0 aliphatic rings. The van der Waals surface area contributed by atoms with Crippen LogP contribution in [0.2, 0.25) is 0 Å². The Kier molecular flexibility index (Phi) is 5.66. The molecule has 0 amide bonds. The molecular formula is C19H23NO. The van der Waals surface area contributed by atoms with Crippen molar-refractivity contribution in [3.05, 3.63) is 42.0 Å². The van der Waals surface area contributed by atoms with Gasteiger partial charge in [-0.2, -0.15) is 0 Å². The molecule has 0 bridgehead atoms. The van der Waals surface area contributed by atoms with Crippen molar-refractivity contribution < 1.29 is 4.74 Å². The summed E-state index contributed by atoms with van der Waals surface area (Å²) in [4.78, 5) is 0. The van der Waals surface area contributed by atoms with Crippen LogP contribution in [-0.2, 0) is 6.54 Å². The van der Waals surface area contributed by atoms with E-state index in [1.54, 1.807) is 0 Å². The van der Waals surface area contributed by atoms with Crippen LogP contribution in [0, 0.1) is 18.3 Å². The van der Waals surface area contributed by atoms with E-state index in [0.717, 1.165) is 18.8 Å². The molecule has 0 spiro atoms. The van der Waals surface area contributed by atoms with Crippen LogP contribution in [0.1, 0.15) is 25.8 Å². The summed E-state index contributed by atoms with van der Waals surface area (Å²) in [5.74, 6) is 4.17. The number of nitrogens with one attached hydrogen (secondary N) is 1. The summed E-state index contributed by atoms with van der Waals surface area (Å²) >= 11 is 0. The second kappa shape index (κ2) is 7.71. The van der Waals surface area contributed by atoms with Gasteiger partial charge in [0.25, 0.3) is 0 Å². The standard InChI is InChI=1S/C19H23NO/c1-4-5-12-21-19-11-10-16-8-6-7-9-17(16)18(19)14-20-13-15(2)3/h1,6-11,15,20H,5,12-14H2,2-3H3. The van der Waals surface area contributed by atoms with Crippen molar-refractivity contribution in [3.63, 3.8) is 0 Å². The van der Waals surface area contributed by atoms with Crippen LogP contribution in [0.15, 0.2) is 36.4 Å². The fraction of sp³-hybridized carbons (Fsp3) is 0.368. The molecule has 0 aliphatic carbocycles. The second-order valence-electron chi connectivity index (χ2n) is 5.59. The predicted octanol–water partition coefficient (Wildman–Crippen LogP) is 3.99. The minimum Gasteiger partial charge on any atom is -0.492 e. The van der Waals surface area contributed by atoms with Gasteiger partial charge in [0.05, 0.1) is 6.61 Å². The molecule has 0 saturated carbocycles. The first-order valence-electron chi connectivity index (χ1n) is 7.50. The minimum absolute atomic E-state index is 0.562. The van der Waals surface area contributed by atoms with Gasteiger partial charge in [0.15, 0.2) is 0 Å². The largest absolute Gasteiger partial charge is 0.492 e. The van der Waals surface area contributed by atoms with E-state index in [9.17, 15) is 0 Å². The van der Waals surface area contributed by atoms with Crippen LogP contribution in [0.25, 0.3) is 10.8 Å². The summed E-state index contributed by atoms with van der Waals surface area (Å²) in [6, 6.07) is 12.6. The van der Waals surface area contributed by atoms with E-state index in [2.05, 4.69) is 55.4 Å². The fourth-order valence-electron chi connectivity index (χ4n) is 2.34. The lowest BCUT2D eigenvalue weighted by atomic mass is 10.0. The Hall–Kier alpha value is -1.98. The molecule has 0 aliphatic heterocycles. The quantitative estimate of drug-likeness (QED) is 0.612. The fourth-order valence-corrected chi connectivity index (χ4v) is 2.34. The number of hydrogen-bond acceptors (Lipinski definition) is 2. The van der Waals surface area contributed by atoms with E-state index >= 15 is 0 Å². The van der Waals surface area contributed by atoms with E-state index < -0.39 is 0 Å². The highest BCUT2D eigenvalue weighted by atomic mass is 16.5. The Morgan fingerprint density at radius 1 is 1.19 bits per heavy atom. The lowest BCUT2D eigenvalue weighted by Gasteiger charge is -2.15. The SMILES string of the molecule is C#CCCOc1ccc2ccccc2c1CNCC(C)C. The van der Waals surface area contributed by atoms with Crippen LogP contribution in [0.4, 0.5) is 0 Å². The summed E-state index contributed by atoms with van der Waals surface area (Å²) in [5, 5.41) is 5.99. The number of terminal acetylenes is 1.